The monoisotopic (exact) mass is 379 g/mol. The molecule has 1 amide bonds. The quantitative estimate of drug-likeness (QED) is 0.649. The SMILES string of the molecule is Cc1c(C(=O)OC(C(=O)N2CCOCC2)c2ccccc2)oc2ccccc12. The van der Waals surface area contributed by atoms with Crippen molar-refractivity contribution in [2.24, 2.45) is 0 Å². The molecule has 1 saturated heterocycles. The predicted octanol–water partition coefficient (Wildman–Crippen LogP) is 3.50. The minimum Gasteiger partial charge on any atom is -0.449 e. The standard InChI is InChI=1S/C22H21NO5/c1-15-17-9-5-6-10-18(17)27-19(15)22(25)28-20(16-7-3-2-4-8-16)21(24)23-11-13-26-14-12-23/h2-10,20H,11-14H2,1H3. The van der Waals surface area contributed by atoms with E-state index in [1.165, 1.54) is 0 Å². The first kappa shape index (κ1) is 18.3. The third-order valence-corrected chi connectivity index (χ3v) is 4.90. The second-order valence-corrected chi connectivity index (χ2v) is 6.69. The summed E-state index contributed by atoms with van der Waals surface area (Å²) in [5.41, 5.74) is 1.94. The first-order chi connectivity index (χ1) is 13.6. The minimum atomic E-state index is -1.03. The number of benzene rings is 2. The number of amides is 1. The molecular formula is C22H21NO5. The van der Waals surface area contributed by atoms with Gasteiger partial charge in [0.2, 0.25) is 11.9 Å². The van der Waals surface area contributed by atoms with E-state index in [-0.39, 0.29) is 11.7 Å². The van der Waals surface area contributed by atoms with Gasteiger partial charge < -0.3 is 18.8 Å². The van der Waals surface area contributed by atoms with Crippen LogP contribution in [0.1, 0.15) is 27.8 Å². The van der Waals surface area contributed by atoms with Gasteiger partial charge in [-0.25, -0.2) is 4.79 Å². The molecule has 28 heavy (non-hydrogen) atoms. The van der Waals surface area contributed by atoms with Crippen molar-refractivity contribution in [1.82, 2.24) is 4.90 Å². The normalized spacial score (nSPS) is 15.4. The number of aryl methyl sites for hydroxylation is 1. The molecule has 1 unspecified atom stereocenters. The Morgan fingerprint density at radius 1 is 1.00 bits per heavy atom. The summed E-state index contributed by atoms with van der Waals surface area (Å²) >= 11 is 0. The van der Waals surface area contributed by atoms with Crippen LogP contribution in [0.25, 0.3) is 11.0 Å². The molecule has 6 heteroatoms. The number of nitrogens with zero attached hydrogens (tertiary/aromatic N) is 1. The highest BCUT2D eigenvalue weighted by Gasteiger charge is 2.32. The molecule has 1 aromatic heterocycles. The zero-order valence-corrected chi connectivity index (χ0v) is 15.6. The Morgan fingerprint density at radius 2 is 1.68 bits per heavy atom. The number of para-hydroxylation sites is 1. The first-order valence-corrected chi connectivity index (χ1v) is 9.26. The number of fused-ring (bicyclic) bond motifs is 1. The second-order valence-electron chi connectivity index (χ2n) is 6.69. The molecule has 4 rings (SSSR count). The van der Waals surface area contributed by atoms with Gasteiger partial charge in [-0.2, -0.15) is 0 Å². The van der Waals surface area contributed by atoms with Crippen molar-refractivity contribution in [2.75, 3.05) is 26.3 Å². The Bertz CT molecular complexity index is 989. The Labute approximate surface area is 162 Å². The zero-order valence-electron chi connectivity index (χ0n) is 15.6. The average Bonchev–Trinajstić information content (AvgIpc) is 3.09. The van der Waals surface area contributed by atoms with E-state index in [9.17, 15) is 9.59 Å². The number of ether oxygens (including phenoxy) is 2. The van der Waals surface area contributed by atoms with Crippen molar-refractivity contribution in [3.63, 3.8) is 0 Å². The summed E-state index contributed by atoms with van der Waals surface area (Å²) in [6.07, 6.45) is -1.03. The van der Waals surface area contributed by atoms with E-state index in [2.05, 4.69) is 0 Å². The number of rotatable bonds is 4. The van der Waals surface area contributed by atoms with Gasteiger partial charge in [-0.15, -0.1) is 0 Å². The van der Waals surface area contributed by atoms with Gasteiger partial charge in [0.1, 0.15) is 5.58 Å². The fourth-order valence-corrected chi connectivity index (χ4v) is 3.37. The fraction of sp³-hybridized carbons (Fsp3) is 0.273. The molecule has 1 fully saturated rings. The second kappa shape index (κ2) is 7.86. The first-order valence-electron chi connectivity index (χ1n) is 9.26. The van der Waals surface area contributed by atoms with Crippen LogP contribution in [0.3, 0.4) is 0 Å². The maximum Gasteiger partial charge on any atom is 0.375 e. The van der Waals surface area contributed by atoms with Crippen LogP contribution in [0, 0.1) is 6.92 Å². The lowest BCUT2D eigenvalue weighted by atomic mass is 10.1. The van der Waals surface area contributed by atoms with Crippen molar-refractivity contribution in [3.05, 3.63) is 71.5 Å². The predicted molar refractivity (Wildman–Crippen MR) is 103 cm³/mol. The van der Waals surface area contributed by atoms with E-state index in [0.29, 0.717) is 43.0 Å². The van der Waals surface area contributed by atoms with Crippen LogP contribution in [0.15, 0.2) is 59.0 Å². The lowest BCUT2D eigenvalue weighted by Crippen LogP contribution is -2.44. The van der Waals surface area contributed by atoms with Crippen molar-refractivity contribution >= 4 is 22.8 Å². The van der Waals surface area contributed by atoms with Crippen LogP contribution in [-0.4, -0.2) is 43.1 Å². The van der Waals surface area contributed by atoms with Crippen LogP contribution in [0.5, 0.6) is 0 Å². The molecule has 144 valence electrons. The lowest BCUT2D eigenvalue weighted by Gasteiger charge is -2.30. The molecule has 2 aromatic carbocycles. The number of carbonyl (C=O) groups is 2. The maximum atomic E-state index is 13.1. The largest absolute Gasteiger partial charge is 0.449 e. The molecule has 0 spiro atoms. The Balaban J connectivity index is 1.63. The molecule has 1 atom stereocenters. The minimum absolute atomic E-state index is 0.122. The van der Waals surface area contributed by atoms with Gasteiger partial charge in [-0.1, -0.05) is 48.5 Å². The van der Waals surface area contributed by atoms with Gasteiger partial charge in [0.05, 0.1) is 13.2 Å². The van der Waals surface area contributed by atoms with E-state index < -0.39 is 12.1 Å². The molecule has 6 nitrogen and oxygen atoms in total. The molecule has 0 aliphatic carbocycles. The topological polar surface area (TPSA) is 69.0 Å². The molecule has 2 heterocycles. The van der Waals surface area contributed by atoms with Gasteiger partial charge in [0.15, 0.2) is 0 Å². The van der Waals surface area contributed by atoms with Gasteiger partial charge >= 0.3 is 5.97 Å². The molecule has 3 aromatic rings. The summed E-state index contributed by atoms with van der Waals surface area (Å²) in [6.45, 7) is 3.71. The van der Waals surface area contributed by atoms with Crippen LogP contribution < -0.4 is 0 Å². The van der Waals surface area contributed by atoms with Crippen molar-refractivity contribution in [3.8, 4) is 0 Å². The van der Waals surface area contributed by atoms with Crippen molar-refractivity contribution in [1.29, 1.82) is 0 Å². The molecule has 0 bridgehead atoms. The van der Waals surface area contributed by atoms with E-state index in [0.717, 1.165) is 5.39 Å². The highest BCUT2D eigenvalue weighted by molar-refractivity contribution is 5.97. The highest BCUT2D eigenvalue weighted by Crippen LogP contribution is 2.28. The van der Waals surface area contributed by atoms with Gasteiger partial charge in [0.25, 0.3) is 5.91 Å². The average molecular weight is 379 g/mol. The smallest absolute Gasteiger partial charge is 0.375 e. The third kappa shape index (κ3) is 3.51. The zero-order chi connectivity index (χ0) is 19.5. The summed E-state index contributed by atoms with van der Waals surface area (Å²) in [5, 5.41) is 0.852. The molecule has 1 aliphatic heterocycles. The molecule has 0 radical (unpaired) electrons. The molecular weight excluding hydrogens is 358 g/mol. The van der Waals surface area contributed by atoms with E-state index in [4.69, 9.17) is 13.9 Å². The molecule has 0 saturated carbocycles. The van der Waals surface area contributed by atoms with E-state index in [1.54, 1.807) is 23.1 Å². The number of hydrogen-bond donors (Lipinski definition) is 0. The van der Waals surface area contributed by atoms with E-state index in [1.807, 2.05) is 43.3 Å². The van der Waals surface area contributed by atoms with Crippen LogP contribution >= 0.6 is 0 Å². The van der Waals surface area contributed by atoms with Crippen LogP contribution in [-0.2, 0) is 14.3 Å². The Kier molecular flexibility index (Phi) is 5.12. The summed E-state index contributed by atoms with van der Waals surface area (Å²) < 4.78 is 16.7. The van der Waals surface area contributed by atoms with E-state index >= 15 is 0 Å². The summed E-state index contributed by atoms with van der Waals surface area (Å²) in [4.78, 5) is 27.6. The number of esters is 1. The Morgan fingerprint density at radius 3 is 2.39 bits per heavy atom. The number of hydrogen-bond acceptors (Lipinski definition) is 5. The fourth-order valence-electron chi connectivity index (χ4n) is 3.37. The maximum absolute atomic E-state index is 13.1. The van der Waals surface area contributed by atoms with Gasteiger partial charge in [0, 0.05) is 29.6 Å². The number of furan rings is 1. The molecule has 0 N–H and O–H groups in total. The summed E-state index contributed by atoms with van der Waals surface area (Å²) in [5.74, 6) is -0.780. The van der Waals surface area contributed by atoms with Crippen molar-refractivity contribution < 1.29 is 23.5 Å². The number of carbonyl (C=O) groups excluding carboxylic acids is 2. The third-order valence-electron chi connectivity index (χ3n) is 4.90. The molecule has 1 aliphatic rings. The van der Waals surface area contributed by atoms with Gasteiger partial charge in [-0.05, 0) is 13.0 Å². The summed E-state index contributed by atoms with van der Waals surface area (Å²) in [6, 6.07) is 16.5. The van der Waals surface area contributed by atoms with Gasteiger partial charge in [-0.3, -0.25) is 4.79 Å². The summed E-state index contributed by atoms with van der Waals surface area (Å²) in [7, 11) is 0. The van der Waals surface area contributed by atoms with Crippen LogP contribution in [0.2, 0.25) is 0 Å². The Hall–Kier alpha value is -3.12. The number of morpholine rings is 1. The lowest BCUT2D eigenvalue weighted by molar-refractivity contribution is -0.145. The van der Waals surface area contributed by atoms with Crippen molar-refractivity contribution in [2.45, 2.75) is 13.0 Å². The highest BCUT2D eigenvalue weighted by atomic mass is 16.6. The van der Waals surface area contributed by atoms with Crippen LogP contribution in [0.4, 0.5) is 0 Å².